The molecular weight excluding hydrogens is 252 g/mol. The fraction of sp³-hybridized carbons (Fsp3) is 1.00. The van der Waals surface area contributed by atoms with Crippen molar-refractivity contribution in [1.82, 2.24) is 5.43 Å². The number of hydrazine groups is 1. The van der Waals surface area contributed by atoms with Crippen LogP contribution in [0.2, 0.25) is 0 Å². The molecule has 0 bridgehead atoms. The van der Waals surface area contributed by atoms with Crippen LogP contribution in [0.25, 0.3) is 0 Å². The molecule has 1 fully saturated rings. The number of hydrogen-bond acceptors (Lipinski definition) is 5. The van der Waals surface area contributed by atoms with Gasteiger partial charge in [-0.15, -0.1) is 0 Å². The molecule has 3 atom stereocenters. The van der Waals surface area contributed by atoms with Crippen molar-refractivity contribution in [1.29, 1.82) is 0 Å². The first-order valence-electron chi connectivity index (χ1n) is 6.42. The van der Waals surface area contributed by atoms with Crippen molar-refractivity contribution in [3.05, 3.63) is 0 Å². The smallest absolute Gasteiger partial charge is 0.150 e. The fourth-order valence-corrected chi connectivity index (χ4v) is 4.10. The first kappa shape index (κ1) is 15.9. The third kappa shape index (κ3) is 3.66. The van der Waals surface area contributed by atoms with Gasteiger partial charge in [0.05, 0.1) is 16.9 Å². The van der Waals surface area contributed by atoms with Crippen LogP contribution in [-0.4, -0.2) is 38.7 Å². The van der Waals surface area contributed by atoms with Crippen LogP contribution in [0.1, 0.15) is 39.5 Å². The minimum Gasteiger partial charge on any atom is -0.377 e. The van der Waals surface area contributed by atoms with Crippen molar-refractivity contribution in [3.63, 3.8) is 0 Å². The minimum absolute atomic E-state index is 0.0351. The Labute approximate surface area is 110 Å². The van der Waals surface area contributed by atoms with Gasteiger partial charge in [-0.2, -0.15) is 0 Å². The monoisotopic (exact) mass is 278 g/mol. The predicted octanol–water partition coefficient (Wildman–Crippen LogP) is 0.847. The zero-order valence-electron chi connectivity index (χ0n) is 11.8. The summed E-state index contributed by atoms with van der Waals surface area (Å²) in [7, 11) is -1.31. The van der Waals surface area contributed by atoms with Crippen molar-refractivity contribution in [2.45, 2.75) is 56.4 Å². The molecule has 3 unspecified atom stereocenters. The number of sulfone groups is 1. The van der Waals surface area contributed by atoms with Crippen LogP contribution in [0.15, 0.2) is 0 Å². The molecule has 6 heteroatoms. The normalized spacial score (nSPS) is 28.1. The van der Waals surface area contributed by atoms with Crippen molar-refractivity contribution in [3.8, 4) is 0 Å². The quantitative estimate of drug-likeness (QED) is 0.575. The van der Waals surface area contributed by atoms with E-state index in [2.05, 4.69) is 5.43 Å². The van der Waals surface area contributed by atoms with E-state index < -0.39 is 15.4 Å². The summed E-state index contributed by atoms with van der Waals surface area (Å²) in [5.74, 6) is 5.88. The standard InChI is InChI=1S/C12H26N2O3S/c1-12(2,17-3)11(14-13)9-6-5-7-10(8-9)18(4,15)16/h9-11,14H,5-8,13H2,1-4H3. The molecule has 5 nitrogen and oxygen atoms in total. The topological polar surface area (TPSA) is 81.4 Å². The molecule has 108 valence electrons. The Kier molecular flexibility index (Phi) is 5.17. The van der Waals surface area contributed by atoms with Crippen molar-refractivity contribution < 1.29 is 13.2 Å². The van der Waals surface area contributed by atoms with Gasteiger partial charge < -0.3 is 4.74 Å². The van der Waals surface area contributed by atoms with E-state index in [9.17, 15) is 8.42 Å². The Morgan fingerprint density at radius 1 is 1.39 bits per heavy atom. The molecular formula is C12H26N2O3S. The van der Waals surface area contributed by atoms with Crippen molar-refractivity contribution in [2.24, 2.45) is 11.8 Å². The Morgan fingerprint density at radius 3 is 2.44 bits per heavy atom. The summed E-state index contributed by atoms with van der Waals surface area (Å²) >= 11 is 0. The Balaban J connectivity index is 2.82. The molecule has 0 saturated heterocycles. The summed E-state index contributed by atoms with van der Waals surface area (Å²) in [5, 5.41) is -0.236. The van der Waals surface area contributed by atoms with E-state index in [4.69, 9.17) is 10.6 Å². The third-order valence-corrected chi connectivity index (χ3v) is 5.84. The minimum atomic E-state index is -2.96. The van der Waals surface area contributed by atoms with Crippen LogP contribution in [0.3, 0.4) is 0 Å². The maximum Gasteiger partial charge on any atom is 0.150 e. The van der Waals surface area contributed by atoms with Crippen LogP contribution in [-0.2, 0) is 14.6 Å². The number of methoxy groups -OCH3 is 1. The van der Waals surface area contributed by atoms with Crippen LogP contribution >= 0.6 is 0 Å². The molecule has 1 aliphatic carbocycles. The van der Waals surface area contributed by atoms with E-state index in [-0.39, 0.29) is 17.2 Å². The molecule has 0 aromatic heterocycles. The van der Waals surface area contributed by atoms with Crippen molar-refractivity contribution in [2.75, 3.05) is 13.4 Å². The second-order valence-corrected chi connectivity index (χ2v) is 8.16. The number of nitrogens with one attached hydrogen (secondary N) is 1. The lowest BCUT2D eigenvalue weighted by atomic mass is 9.78. The maximum atomic E-state index is 11.7. The maximum absolute atomic E-state index is 11.7. The first-order valence-corrected chi connectivity index (χ1v) is 8.38. The van der Waals surface area contributed by atoms with Gasteiger partial charge in [-0.3, -0.25) is 11.3 Å². The van der Waals surface area contributed by atoms with Gasteiger partial charge in [-0.05, 0) is 39.0 Å². The highest BCUT2D eigenvalue weighted by Gasteiger charge is 2.39. The first-order chi connectivity index (χ1) is 8.22. The molecule has 0 heterocycles. The molecule has 0 aromatic carbocycles. The fourth-order valence-electron chi connectivity index (χ4n) is 2.90. The molecule has 0 spiro atoms. The van der Waals surface area contributed by atoms with E-state index in [1.807, 2.05) is 13.8 Å². The van der Waals surface area contributed by atoms with Crippen LogP contribution in [0.5, 0.6) is 0 Å². The average molecular weight is 278 g/mol. The number of hydrogen-bond donors (Lipinski definition) is 2. The highest BCUT2D eigenvalue weighted by molar-refractivity contribution is 7.91. The third-order valence-electron chi connectivity index (χ3n) is 4.20. The summed E-state index contributed by atoms with van der Waals surface area (Å²) in [6.45, 7) is 3.95. The Bertz CT molecular complexity index is 368. The lowest BCUT2D eigenvalue weighted by Gasteiger charge is -2.41. The highest BCUT2D eigenvalue weighted by atomic mass is 32.2. The van der Waals surface area contributed by atoms with Gasteiger partial charge >= 0.3 is 0 Å². The predicted molar refractivity (Wildman–Crippen MR) is 72.8 cm³/mol. The van der Waals surface area contributed by atoms with Gasteiger partial charge in [-0.25, -0.2) is 8.42 Å². The van der Waals surface area contributed by atoms with E-state index in [1.165, 1.54) is 6.26 Å². The average Bonchev–Trinajstić information content (AvgIpc) is 2.29. The lowest BCUT2D eigenvalue weighted by Crippen LogP contribution is -2.56. The van der Waals surface area contributed by atoms with Crippen LogP contribution in [0, 0.1) is 5.92 Å². The zero-order valence-corrected chi connectivity index (χ0v) is 12.6. The second-order valence-electron chi connectivity index (χ2n) is 5.83. The molecule has 0 aliphatic heterocycles. The summed E-state index contributed by atoms with van der Waals surface area (Å²) in [5.41, 5.74) is 2.41. The highest BCUT2D eigenvalue weighted by Crippen LogP contribution is 2.34. The van der Waals surface area contributed by atoms with E-state index in [0.29, 0.717) is 6.42 Å². The number of rotatable bonds is 5. The van der Waals surface area contributed by atoms with E-state index >= 15 is 0 Å². The van der Waals surface area contributed by atoms with Gasteiger partial charge in [0.2, 0.25) is 0 Å². The van der Waals surface area contributed by atoms with Gasteiger partial charge in [0.1, 0.15) is 9.84 Å². The van der Waals surface area contributed by atoms with Gasteiger partial charge in [0.15, 0.2) is 0 Å². The SMILES string of the molecule is COC(C)(C)C(NN)C1CCCC(S(C)(=O)=O)C1. The van der Waals surface area contributed by atoms with Gasteiger partial charge in [0.25, 0.3) is 0 Å². The van der Waals surface area contributed by atoms with Crippen LogP contribution in [0.4, 0.5) is 0 Å². The second kappa shape index (κ2) is 5.86. The van der Waals surface area contributed by atoms with Crippen molar-refractivity contribution >= 4 is 9.84 Å². The zero-order chi connectivity index (χ0) is 14.0. The van der Waals surface area contributed by atoms with E-state index in [1.54, 1.807) is 7.11 Å². The Morgan fingerprint density at radius 2 is 2.00 bits per heavy atom. The summed E-state index contributed by atoms with van der Waals surface area (Å²) in [4.78, 5) is 0. The summed E-state index contributed by atoms with van der Waals surface area (Å²) in [6.07, 6.45) is 4.68. The molecule has 1 rings (SSSR count). The molecule has 1 saturated carbocycles. The molecule has 3 N–H and O–H groups in total. The lowest BCUT2D eigenvalue weighted by molar-refractivity contribution is -0.0327. The molecule has 0 aromatic rings. The largest absolute Gasteiger partial charge is 0.377 e. The van der Waals surface area contributed by atoms with Gasteiger partial charge in [-0.1, -0.05) is 6.42 Å². The number of nitrogens with two attached hydrogens (primary N) is 1. The summed E-state index contributed by atoms with van der Waals surface area (Å²) < 4.78 is 28.8. The molecule has 18 heavy (non-hydrogen) atoms. The molecule has 1 aliphatic rings. The van der Waals surface area contributed by atoms with E-state index in [0.717, 1.165) is 19.3 Å². The molecule has 0 radical (unpaired) electrons. The Hall–Kier alpha value is -0.170. The van der Waals surface area contributed by atoms with Crippen LogP contribution < -0.4 is 11.3 Å². The number of ether oxygens (including phenoxy) is 1. The van der Waals surface area contributed by atoms with Gasteiger partial charge in [0, 0.05) is 13.4 Å². The summed E-state index contributed by atoms with van der Waals surface area (Å²) in [6, 6.07) is -0.0351. The molecule has 0 amide bonds.